The van der Waals surface area contributed by atoms with E-state index < -0.39 is 11.7 Å². The zero-order valence-corrected chi connectivity index (χ0v) is 19.3. The van der Waals surface area contributed by atoms with Crippen molar-refractivity contribution in [1.82, 2.24) is 9.80 Å². The first-order chi connectivity index (χ1) is 15.7. The predicted octanol–water partition coefficient (Wildman–Crippen LogP) is 3.55. The van der Waals surface area contributed by atoms with Crippen molar-refractivity contribution in [3.05, 3.63) is 58.4 Å². The third-order valence-corrected chi connectivity index (χ3v) is 5.11. The molecule has 1 aliphatic rings. The molecule has 1 heterocycles. The highest BCUT2D eigenvalue weighted by atomic mass is 35.5. The van der Waals surface area contributed by atoms with E-state index in [0.29, 0.717) is 47.2 Å². The van der Waals surface area contributed by atoms with E-state index in [4.69, 9.17) is 22.1 Å². The number of nitrogens with zero attached hydrogens (tertiary/aromatic N) is 4. The first kappa shape index (κ1) is 24.0. The first-order valence-electron chi connectivity index (χ1n) is 10.2. The molecule has 0 unspecified atom stereocenters. The summed E-state index contributed by atoms with van der Waals surface area (Å²) in [6.45, 7) is 2.87. The Morgan fingerprint density at radius 2 is 2.18 bits per heavy atom. The lowest BCUT2D eigenvalue weighted by molar-refractivity contribution is -0.112. The zero-order valence-electron chi connectivity index (χ0n) is 18.5. The van der Waals surface area contributed by atoms with Crippen LogP contribution in [0.15, 0.2) is 41.4 Å². The third-order valence-electron chi connectivity index (χ3n) is 4.82. The number of hydrogen-bond donors (Lipinski definition) is 2. The fraction of sp³-hybridized carbons (Fsp3) is 0.261. The van der Waals surface area contributed by atoms with E-state index in [0.717, 1.165) is 0 Å². The highest BCUT2D eigenvalue weighted by Gasteiger charge is 2.26. The van der Waals surface area contributed by atoms with Gasteiger partial charge in [-0.3, -0.25) is 4.79 Å². The van der Waals surface area contributed by atoms with Gasteiger partial charge in [-0.05, 0) is 45.3 Å². The second-order valence-electron chi connectivity index (χ2n) is 7.47. The minimum atomic E-state index is -0.609. The second kappa shape index (κ2) is 10.3. The van der Waals surface area contributed by atoms with E-state index in [-0.39, 0.29) is 17.3 Å². The summed E-state index contributed by atoms with van der Waals surface area (Å²) in [5.41, 5.74) is 8.06. The van der Waals surface area contributed by atoms with Crippen LogP contribution in [0.1, 0.15) is 18.1 Å². The van der Waals surface area contributed by atoms with E-state index in [9.17, 15) is 14.4 Å². The molecule has 0 spiro atoms. The van der Waals surface area contributed by atoms with Crippen LogP contribution in [0, 0.1) is 17.3 Å². The summed E-state index contributed by atoms with van der Waals surface area (Å²) in [4.78, 5) is 20.1. The Kier molecular flexibility index (Phi) is 7.53. The number of anilines is 1. The maximum absolute atomic E-state index is 13.6. The van der Waals surface area contributed by atoms with Crippen LogP contribution in [0.3, 0.4) is 0 Å². The van der Waals surface area contributed by atoms with Gasteiger partial charge in [0.1, 0.15) is 18.2 Å². The number of amides is 1. The minimum absolute atomic E-state index is 0.0791. The van der Waals surface area contributed by atoms with Gasteiger partial charge in [0.05, 0.1) is 23.0 Å². The van der Waals surface area contributed by atoms with Gasteiger partial charge in [0.15, 0.2) is 12.0 Å². The number of carbonyl (C=O) groups excluding carboxylic acids is 1. The minimum Gasteiger partial charge on any atom is -0.493 e. The maximum Gasteiger partial charge on any atom is 0.249 e. The van der Waals surface area contributed by atoms with Gasteiger partial charge in [-0.2, -0.15) is 5.26 Å². The van der Waals surface area contributed by atoms with Crippen LogP contribution in [0.4, 0.5) is 15.8 Å². The average molecular weight is 471 g/mol. The number of hydrogen-bond acceptors (Lipinski definition) is 6. The average Bonchev–Trinajstić information content (AvgIpc) is 2.76. The van der Waals surface area contributed by atoms with E-state index in [1.165, 1.54) is 23.1 Å². The van der Waals surface area contributed by atoms with E-state index in [2.05, 4.69) is 16.5 Å². The Balaban J connectivity index is 2.23. The molecule has 0 fully saturated rings. The number of carbonyl (C=O) groups is 1. The summed E-state index contributed by atoms with van der Waals surface area (Å²) in [6.07, 6.45) is 3.80. The van der Waals surface area contributed by atoms with Gasteiger partial charge in [-0.15, -0.1) is 0 Å². The summed E-state index contributed by atoms with van der Waals surface area (Å²) in [5.74, 6) is -0.386. The van der Waals surface area contributed by atoms with Crippen molar-refractivity contribution in [2.45, 2.75) is 6.92 Å². The molecule has 172 valence electrons. The summed E-state index contributed by atoms with van der Waals surface area (Å²) >= 11 is 5.90. The van der Waals surface area contributed by atoms with Crippen LogP contribution in [0.25, 0.3) is 5.57 Å². The van der Waals surface area contributed by atoms with E-state index in [1.54, 1.807) is 18.2 Å². The Morgan fingerprint density at radius 1 is 1.42 bits per heavy atom. The third kappa shape index (κ3) is 5.42. The van der Waals surface area contributed by atoms with Crippen LogP contribution in [-0.4, -0.2) is 55.5 Å². The Hall–Kier alpha value is -3.61. The number of nitrogens with two attached hydrogens (primary N) is 1. The maximum atomic E-state index is 13.6. The molecule has 0 bridgehead atoms. The summed E-state index contributed by atoms with van der Waals surface area (Å²) in [5, 5.41) is 12.7. The molecule has 1 aliphatic heterocycles. The van der Waals surface area contributed by atoms with Crippen molar-refractivity contribution in [3.8, 4) is 11.9 Å². The van der Waals surface area contributed by atoms with Gasteiger partial charge in [0.2, 0.25) is 5.91 Å². The summed E-state index contributed by atoms with van der Waals surface area (Å²) in [7, 11) is 3.75. The Labute approximate surface area is 196 Å². The Bertz CT molecular complexity index is 1170. The number of fused-ring (bicyclic) bond motifs is 1. The van der Waals surface area contributed by atoms with Crippen molar-refractivity contribution in [1.29, 1.82) is 5.26 Å². The molecule has 0 saturated carbocycles. The van der Waals surface area contributed by atoms with Crippen LogP contribution in [-0.2, 0) is 4.79 Å². The molecule has 10 heteroatoms. The first-order valence-corrected chi connectivity index (χ1v) is 10.5. The molecule has 0 aromatic heterocycles. The topological polar surface area (TPSA) is 107 Å². The lowest BCUT2D eigenvalue weighted by Crippen LogP contribution is -2.37. The number of nitriles is 1. The van der Waals surface area contributed by atoms with Gasteiger partial charge in [-0.1, -0.05) is 17.7 Å². The largest absolute Gasteiger partial charge is 0.493 e. The molecule has 3 N–H and O–H groups in total. The van der Waals surface area contributed by atoms with Gasteiger partial charge in [0.25, 0.3) is 0 Å². The van der Waals surface area contributed by atoms with Crippen molar-refractivity contribution in [2.24, 2.45) is 10.7 Å². The fourth-order valence-corrected chi connectivity index (χ4v) is 3.45. The van der Waals surface area contributed by atoms with Crippen molar-refractivity contribution in [3.63, 3.8) is 0 Å². The number of ether oxygens (including phenoxy) is 1. The number of primary amides is 1. The molecule has 33 heavy (non-hydrogen) atoms. The molecular weight excluding hydrogens is 447 g/mol. The molecular formula is C23H24ClFN6O2. The predicted molar refractivity (Wildman–Crippen MR) is 127 cm³/mol. The van der Waals surface area contributed by atoms with Crippen molar-refractivity contribution in [2.75, 3.05) is 39.2 Å². The number of rotatable bonds is 7. The number of benzene rings is 2. The molecule has 3 rings (SSSR count). The van der Waals surface area contributed by atoms with Gasteiger partial charge < -0.3 is 20.7 Å². The van der Waals surface area contributed by atoms with Crippen LogP contribution in [0.5, 0.6) is 5.75 Å². The monoisotopic (exact) mass is 470 g/mol. The summed E-state index contributed by atoms with van der Waals surface area (Å²) < 4.78 is 19.4. The molecule has 0 aliphatic carbocycles. The highest BCUT2D eigenvalue weighted by Crippen LogP contribution is 2.36. The van der Waals surface area contributed by atoms with Crippen LogP contribution < -0.4 is 15.8 Å². The molecule has 8 nitrogen and oxygen atoms in total. The van der Waals surface area contributed by atoms with Crippen LogP contribution in [0.2, 0.25) is 5.02 Å². The highest BCUT2D eigenvalue weighted by molar-refractivity contribution is 6.31. The SMILES string of the molecule is CCOc1cc2c(cc1C(=CCN(C)C)C(N)=O)C(=Nc1ccc(F)c(Cl)c1)N(C#N)CN2. The molecule has 1 amide bonds. The van der Waals surface area contributed by atoms with Crippen molar-refractivity contribution < 1.29 is 13.9 Å². The lowest BCUT2D eigenvalue weighted by Gasteiger charge is -2.28. The summed E-state index contributed by atoms with van der Waals surface area (Å²) in [6, 6.07) is 7.52. The zero-order chi connectivity index (χ0) is 24.1. The van der Waals surface area contributed by atoms with Crippen molar-refractivity contribution >= 4 is 40.3 Å². The Morgan fingerprint density at radius 3 is 2.79 bits per heavy atom. The molecule has 0 radical (unpaired) electrons. The molecule has 2 aromatic rings. The number of nitrogens with one attached hydrogen (secondary N) is 1. The molecule has 2 aromatic carbocycles. The number of likely N-dealkylation sites (N-methyl/N-ethyl adjacent to an activating group) is 1. The second-order valence-corrected chi connectivity index (χ2v) is 7.88. The lowest BCUT2D eigenvalue weighted by atomic mass is 9.97. The molecule has 0 saturated heterocycles. The fourth-order valence-electron chi connectivity index (χ4n) is 3.28. The van der Waals surface area contributed by atoms with E-state index >= 15 is 0 Å². The van der Waals surface area contributed by atoms with Crippen LogP contribution >= 0.6 is 11.6 Å². The standard InChI is InChI=1S/C23H24ClFN6O2/c1-4-33-21-11-20-17(10-16(21)15(22(27)32)7-8-30(2)3)23(31(12-26)13-28-20)29-14-5-6-19(25)18(24)9-14/h5-7,9-11,28H,4,8,13H2,1-3H3,(H2,27,32). The number of halogens is 2. The molecule has 0 atom stereocenters. The van der Waals surface area contributed by atoms with Gasteiger partial charge in [-0.25, -0.2) is 14.3 Å². The van der Waals surface area contributed by atoms with Gasteiger partial charge in [0, 0.05) is 29.3 Å². The van der Waals surface area contributed by atoms with Gasteiger partial charge >= 0.3 is 0 Å². The number of aliphatic imine (C=N–C) groups is 1. The normalized spacial score (nSPS) is 14.6. The quantitative estimate of drug-likeness (QED) is 0.473. The smallest absolute Gasteiger partial charge is 0.249 e. The van der Waals surface area contributed by atoms with E-state index in [1.807, 2.05) is 25.9 Å². The number of amidine groups is 1.